The quantitative estimate of drug-likeness (QED) is 0.831. The molecule has 0 aliphatic carbocycles. The Hall–Kier alpha value is -1.29. The van der Waals surface area contributed by atoms with Crippen LogP contribution in [0.5, 0.6) is 0 Å². The first-order chi connectivity index (χ1) is 8.26. The fourth-order valence-corrected chi connectivity index (χ4v) is 2.49. The van der Waals surface area contributed by atoms with Gasteiger partial charge < -0.3 is 15.5 Å². The molecule has 0 bridgehead atoms. The van der Waals surface area contributed by atoms with E-state index in [1.165, 1.54) is 11.3 Å². The van der Waals surface area contributed by atoms with Crippen molar-refractivity contribution in [1.82, 2.24) is 10.3 Å². The molecule has 1 unspecified atom stereocenters. The fraction of sp³-hybridized carbons (Fsp3) is 0.615. The van der Waals surface area contributed by atoms with Crippen molar-refractivity contribution in [1.29, 1.82) is 0 Å². The summed E-state index contributed by atoms with van der Waals surface area (Å²) >= 11 is 0. The van der Waals surface area contributed by atoms with E-state index in [0.29, 0.717) is 6.04 Å². The maximum atomic E-state index is 4.39. The zero-order valence-electron chi connectivity index (χ0n) is 11.0. The van der Waals surface area contributed by atoms with Gasteiger partial charge in [0.2, 0.25) is 0 Å². The van der Waals surface area contributed by atoms with Gasteiger partial charge >= 0.3 is 0 Å². The zero-order chi connectivity index (χ0) is 12.3. The van der Waals surface area contributed by atoms with Gasteiger partial charge in [0.15, 0.2) is 0 Å². The summed E-state index contributed by atoms with van der Waals surface area (Å²) < 4.78 is 0. The monoisotopic (exact) mass is 234 g/mol. The van der Waals surface area contributed by atoms with Crippen molar-refractivity contribution in [2.45, 2.75) is 26.3 Å². The number of piperazine rings is 1. The summed E-state index contributed by atoms with van der Waals surface area (Å²) in [5, 5.41) is 6.66. The van der Waals surface area contributed by atoms with Crippen molar-refractivity contribution in [2.75, 3.05) is 36.9 Å². The van der Waals surface area contributed by atoms with E-state index in [4.69, 9.17) is 0 Å². The summed E-state index contributed by atoms with van der Waals surface area (Å²) in [5.74, 6) is 1.01. The molecule has 1 saturated heterocycles. The average Bonchev–Trinajstić information content (AvgIpc) is 2.37. The minimum atomic E-state index is 0.555. The van der Waals surface area contributed by atoms with Gasteiger partial charge in [-0.15, -0.1) is 0 Å². The number of nitrogens with one attached hydrogen (secondary N) is 2. The lowest BCUT2D eigenvalue weighted by Gasteiger charge is -2.35. The predicted octanol–water partition coefficient (Wildman–Crippen LogP) is 1.48. The van der Waals surface area contributed by atoms with Crippen molar-refractivity contribution in [3.8, 4) is 0 Å². The van der Waals surface area contributed by atoms with Crippen LogP contribution in [0.15, 0.2) is 12.3 Å². The molecule has 1 atom stereocenters. The Morgan fingerprint density at radius 3 is 3.06 bits per heavy atom. The predicted molar refractivity (Wildman–Crippen MR) is 72.8 cm³/mol. The van der Waals surface area contributed by atoms with E-state index >= 15 is 0 Å². The normalized spacial score (nSPS) is 20.4. The third-order valence-electron chi connectivity index (χ3n) is 3.33. The second kappa shape index (κ2) is 5.36. The lowest BCUT2D eigenvalue weighted by molar-refractivity contribution is 0.484. The van der Waals surface area contributed by atoms with Crippen molar-refractivity contribution in [3.63, 3.8) is 0 Å². The van der Waals surface area contributed by atoms with Gasteiger partial charge in [-0.2, -0.15) is 0 Å². The number of anilines is 2. The van der Waals surface area contributed by atoms with Gasteiger partial charge in [0.05, 0.1) is 0 Å². The third kappa shape index (κ3) is 2.52. The molecule has 1 aliphatic heterocycles. The topological polar surface area (TPSA) is 40.2 Å². The molecule has 1 aromatic rings. The second-order valence-corrected chi connectivity index (χ2v) is 4.56. The number of hydrogen-bond donors (Lipinski definition) is 2. The van der Waals surface area contributed by atoms with E-state index < -0.39 is 0 Å². The van der Waals surface area contributed by atoms with Crippen LogP contribution < -0.4 is 15.5 Å². The summed E-state index contributed by atoms with van der Waals surface area (Å²) in [7, 11) is 1.94. The van der Waals surface area contributed by atoms with Crippen LogP contribution in [0, 0.1) is 0 Å². The maximum absolute atomic E-state index is 4.39. The van der Waals surface area contributed by atoms with Crippen molar-refractivity contribution in [3.05, 3.63) is 17.8 Å². The molecule has 2 heterocycles. The minimum absolute atomic E-state index is 0.555. The Kier molecular flexibility index (Phi) is 3.84. The largest absolute Gasteiger partial charge is 0.373 e. The number of nitrogens with zero attached hydrogens (tertiary/aromatic N) is 2. The van der Waals surface area contributed by atoms with Gasteiger partial charge in [0.25, 0.3) is 0 Å². The molecule has 17 heavy (non-hydrogen) atoms. The standard InChI is InChI=1S/C13H22N4/c1-4-11-12(5-6-16-13(11)14-3)17-8-7-15-10(2)9-17/h5-6,10,15H,4,7-9H2,1-3H3,(H,14,16). The molecule has 4 nitrogen and oxygen atoms in total. The van der Waals surface area contributed by atoms with Crippen LogP contribution in [0.25, 0.3) is 0 Å². The van der Waals surface area contributed by atoms with Crippen LogP contribution in [0.3, 0.4) is 0 Å². The Balaban J connectivity index is 2.30. The van der Waals surface area contributed by atoms with E-state index in [2.05, 4.69) is 40.4 Å². The molecule has 0 radical (unpaired) electrons. The highest BCUT2D eigenvalue weighted by atomic mass is 15.2. The lowest BCUT2D eigenvalue weighted by atomic mass is 10.1. The first-order valence-corrected chi connectivity index (χ1v) is 6.40. The summed E-state index contributed by atoms with van der Waals surface area (Å²) in [6.45, 7) is 7.62. The highest BCUT2D eigenvalue weighted by Gasteiger charge is 2.19. The molecule has 0 aromatic carbocycles. The van der Waals surface area contributed by atoms with Crippen LogP contribution in [0.1, 0.15) is 19.4 Å². The lowest BCUT2D eigenvalue weighted by Crippen LogP contribution is -2.49. The molecule has 1 aliphatic rings. The first-order valence-electron chi connectivity index (χ1n) is 6.40. The molecule has 1 aromatic heterocycles. The molecule has 2 rings (SSSR count). The van der Waals surface area contributed by atoms with Crippen molar-refractivity contribution in [2.24, 2.45) is 0 Å². The summed E-state index contributed by atoms with van der Waals surface area (Å²) in [6.07, 6.45) is 2.91. The minimum Gasteiger partial charge on any atom is -0.373 e. The number of rotatable bonds is 3. The summed E-state index contributed by atoms with van der Waals surface area (Å²) in [6, 6.07) is 2.69. The second-order valence-electron chi connectivity index (χ2n) is 4.56. The number of hydrogen-bond acceptors (Lipinski definition) is 4. The van der Waals surface area contributed by atoms with Crippen molar-refractivity contribution >= 4 is 11.5 Å². The smallest absolute Gasteiger partial charge is 0.130 e. The van der Waals surface area contributed by atoms with E-state index in [9.17, 15) is 0 Å². The Morgan fingerprint density at radius 1 is 1.59 bits per heavy atom. The molecule has 1 fully saturated rings. The number of aromatic nitrogens is 1. The van der Waals surface area contributed by atoms with Crippen molar-refractivity contribution < 1.29 is 0 Å². The van der Waals surface area contributed by atoms with Gasteiger partial charge in [-0.1, -0.05) is 6.92 Å². The molecule has 0 spiro atoms. The molecular formula is C13H22N4. The molecule has 94 valence electrons. The van der Waals surface area contributed by atoms with Gasteiger partial charge in [0.1, 0.15) is 5.82 Å². The third-order valence-corrected chi connectivity index (χ3v) is 3.33. The molecule has 0 amide bonds. The highest BCUT2D eigenvalue weighted by Crippen LogP contribution is 2.26. The molecule has 4 heteroatoms. The van der Waals surface area contributed by atoms with E-state index in [1.807, 2.05) is 13.2 Å². The van der Waals surface area contributed by atoms with Crippen LogP contribution in [0.2, 0.25) is 0 Å². The van der Waals surface area contributed by atoms with E-state index in [-0.39, 0.29) is 0 Å². The molecular weight excluding hydrogens is 212 g/mol. The van der Waals surface area contributed by atoms with Crippen LogP contribution in [-0.4, -0.2) is 37.7 Å². The Bertz CT molecular complexity index is 378. The summed E-state index contributed by atoms with van der Waals surface area (Å²) in [5.41, 5.74) is 2.66. The van der Waals surface area contributed by atoms with Gasteiger partial charge in [-0.3, -0.25) is 0 Å². The van der Waals surface area contributed by atoms with E-state index in [1.54, 1.807) is 0 Å². The van der Waals surface area contributed by atoms with Crippen LogP contribution in [-0.2, 0) is 6.42 Å². The van der Waals surface area contributed by atoms with Crippen LogP contribution >= 0.6 is 0 Å². The molecule has 2 N–H and O–H groups in total. The van der Waals surface area contributed by atoms with Crippen LogP contribution in [0.4, 0.5) is 11.5 Å². The first kappa shape index (κ1) is 12.2. The summed E-state index contributed by atoms with van der Waals surface area (Å²) in [4.78, 5) is 6.85. The van der Waals surface area contributed by atoms with E-state index in [0.717, 1.165) is 31.9 Å². The Morgan fingerprint density at radius 2 is 2.41 bits per heavy atom. The SMILES string of the molecule is CCc1c(N2CCNC(C)C2)ccnc1NC. The highest BCUT2D eigenvalue weighted by molar-refractivity contribution is 5.63. The van der Waals surface area contributed by atoms with Gasteiger partial charge in [-0.25, -0.2) is 4.98 Å². The molecule has 0 saturated carbocycles. The number of pyridine rings is 1. The van der Waals surface area contributed by atoms with Gasteiger partial charge in [-0.05, 0) is 19.4 Å². The maximum Gasteiger partial charge on any atom is 0.130 e. The average molecular weight is 234 g/mol. The van der Waals surface area contributed by atoms with Gasteiger partial charge in [0, 0.05) is 50.2 Å². The zero-order valence-corrected chi connectivity index (χ0v) is 11.0. The Labute approximate surface area is 103 Å². The fourth-order valence-electron chi connectivity index (χ4n) is 2.49.